The van der Waals surface area contributed by atoms with Crippen molar-refractivity contribution in [2.75, 3.05) is 6.26 Å². The van der Waals surface area contributed by atoms with Crippen molar-refractivity contribution in [3.8, 4) is 0 Å². The van der Waals surface area contributed by atoms with Crippen LogP contribution < -0.4 is 5.32 Å². The minimum Gasteiger partial charge on any atom is -0.346 e. The van der Waals surface area contributed by atoms with E-state index in [1.54, 1.807) is 42.6 Å². The van der Waals surface area contributed by atoms with Crippen molar-refractivity contribution in [2.45, 2.75) is 17.9 Å². The molecule has 0 aliphatic heterocycles. The Kier molecular flexibility index (Phi) is 4.11. The van der Waals surface area contributed by atoms with E-state index in [1.165, 1.54) is 6.26 Å². The number of rotatable bonds is 4. The second-order valence-electron chi connectivity index (χ2n) is 5.71. The molecule has 0 saturated carbocycles. The second-order valence-corrected chi connectivity index (χ2v) is 7.72. The maximum atomic E-state index is 12.4. The Bertz CT molecular complexity index is 991. The highest BCUT2D eigenvalue weighted by molar-refractivity contribution is 7.90. The molecule has 1 heterocycles. The number of H-pyrrole nitrogens is 1. The number of amides is 1. The van der Waals surface area contributed by atoms with Gasteiger partial charge in [0.05, 0.1) is 22.7 Å². The van der Waals surface area contributed by atoms with Gasteiger partial charge >= 0.3 is 0 Å². The van der Waals surface area contributed by atoms with E-state index in [2.05, 4.69) is 15.5 Å². The lowest BCUT2D eigenvalue weighted by molar-refractivity contribution is 0.0940. The number of benzene rings is 2. The summed E-state index contributed by atoms with van der Waals surface area (Å²) in [5.74, 6) is -0.203. The molecule has 1 unspecified atom stereocenters. The molecular weight excluding hydrogens is 326 g/mol. The van der Waals surface area contributed by atoms with Crippen LogP contribution in [0, 0.1) is 0 Å². The summed E-state index contributed by atoms with van der Waals surface area (Å²) in [5, 5.41) is 10.6. The Morgan fingerprint density at radius 3 is 2.54 bits per heavy atom. The highest BCUT2D eigenvalue weighted by Crippen LogP contribution is 2.18. The molecule has 0 aliphatic rings. The molecule has 0 fully saturated rings. The number of aromatic nitrogens is 2. The van der Waals surface area contributed by atoms with Crippen LogP contribution in [0.2, 0.25) is 0 Å². The number of hydrogen-bond acceptors (Lipinski definition) is 4. The summed E-state index contributed by atoms with van der Waals surface area (Å²) in [6.07, 6.45) is 2.86. The number of fused-ring (bicyclic) bond motifs is 1. The lowest BCUT2D eigenvalue weighted by Gasteiger charge is -2.15. The fourth-order valence-corrected chi connectivity index (χ4v) is 3.08. The van der Waals surface area contributed by atoms with E-state index in [-0.39, 0.29) is 16.8 Å². The number of nitrogens with one attached hydrogen (secondary N) is 2. The zero-order valence-corrected chi connectivity index (χ0v) is 14.1. The first-order chi connectivity index (χ1) is 11.3. The van der Waals surface area contributed by atoms with Gasteiger partial charge in [0.2, 0.25) is 0 Å². The smallest absolute Gasteiger partial charge is 0.251 e. The van der Waals surface area contributed by atoms with E-state index in [0.29, 0.717) is 5.56 Å². The SMILES string of the molecule is CC(NC(=O)c1ccc2cn[nH]c2c1)c1ccc(S(C)(=O)=O)cc1. The van der Waals surface area contributed by atoms with Crippen molar-refractivity contribution in [3.63, 3.8) is 0 Å². The maximum Gasteiger partial charge on any atom is 0.251 e. The molecule has 3 rings (SSSR count). The van der Waals surface area contributed by atoms with Crippen molar-refractivity contribution in [1.82, 2.24) is 15.5 Å². The predicted molar refractivity (Wildman–Crippen MR) is 91.5 cm³/mol. The number of aromatic amines is 1. The quantitative estimate of drug-likeness (QED) is 0.761. The van der Waals surface area contributed by atoms with Crippen molar-refractivity contribution >= 4 is 26.6 Å². The summed E-state index contributed by atoms with van der Waals surface area (Å²) >= 11 is 0. The van der Waals surface area contributed by atoms with E-state index in [4.69, 9.17) is 0 Å². The number of sulfone groups is 1. The summed E-state index contributed by atoms with van der Waals surface area (Å²) in [7, 11) is -3.22. The third-order valence-corrected chi connectivity index (χ3v) is 4.99. The average molecular weight is 343 g/mol. The van der Waals surface area contributed by atoms with Crippen molar-refractivity contribution in [2.24, 2.45) is 0 Å². The maximum absolute atomic E-state index is 12.4. The zero-order chi connectivity index (χ0) is 17.3. The molecule has 1 amide bonds. The monoisotopic (exact) mass is 343 g/mol. The van der Waals surface area contributed by atoms with Gasteiger partial charge in [-0.1, -0.05) is 18.2 Å². The molecule has 3 aromatic rings. The fourth-order valence-electron chi connectivity index (χ4n) is 2.45. The molecule has 124 valence electrons. The van der Waals surface area contributed by atoms with E-state index in [0.717, 1.165) is 16.5 Å². The second kappa shape index (κ2) is 6.09. The highest BCUT2D eigenvalue weighted by atomic mass is 32.2. The number of carbonyl (C=O) groups is 1. The van der Waals surface area contributed by atoms with Gasteiger partial charge in [-0.3, -0.25) is 9.89 Å². The standard InChI is InChI=1S/C17H17N3O3S/c1-11(12-5-7-15(8-6-12)24(2,22)23)19-17(21)13-3-4-14-10-18-20-16(14)9-13/h3-11H,1-2H3,(H,18,20)(H,19,21). The molecule has 0 aliphatic carbocycles. The average Bonchev–Trinajstić information content (AvgIpc) is 3.01. The third kappa shape index (κ3) is 3.30. The zero-order valence-electron chi connectivity index (χ0n) is 13.3. The molecule has 7 heteroatoms. The number of carbonyl (C=O) groups excluding carboxylic acids is 1. The molecule has 2 N–H and O–H groups in total. The molecule has 1 aromatic heterocycles. The van der Waals surface area contributed by atoms with Crippen LogP contribution in [0.15, 0.2) is 53.6 Å². The van der Waals surface area contributed by atoms with E-state index in [9.17, 15) is 13.2 Å². The summed E-state index contributed by atoms with van der Waals surface area (Å²) in [6, 6.07) is 11.6. The van der Waals surface area contributed by atoms with Crippen LogP contribution in [0.3, 0.4) is 0 Å². The van der Waals surface area contributed by atoms with Gasteiger partial charge in [-0.05, 0) is 36.8 Å². The summed E-state index contributed by atoms with van der Waals surface area (Å²) < 4.78 is 23.0. The minimum atomic E-state index is -3.22. The largest absolute Gasteiger partial charge is 0.346 e. The van der Waals surface area contributed by atoms with Crippen LogP contribution in [0.25, 0.3) is 10.9 Å². The number of nitrogens with zero attached hydrogens (tertiary/aromatic N) is 1. The van der Waals surface area contributed by atoms with Gasteiger partial charge in [-0.15, -0.1) is 0 Å². The molecule has 1 atom stereocenters. The molecule has 0 radical (unpaired) electrons. The summed E-state index contributed by atoms with van der Waals surface area (Å²) in [6.45, 7) is 1.85. The first-order valence-corrected chi connectivity index (χ1v) is 9.28. The molecule has 0 bridgehead atoms. The van der Waals surface area contributed by atoms with Gasteiger partial charge in [0.1, 0.15) is 0 Å². The normalized spacial score (nSPS) is 12.9. The van der Waals surface area contributed by atoms with E-state index < -0.39 is 9.84 Å². The topological polar surface area (TPSA) is 91.9 Å². The molecule has 24 heavy (non-hydrogen) atoms. The van der Waals surface area contributed by atoms with Gasteiger partial charge in [-0.25, -0.2) is 8.42 Å². The Balaban J connectivity index is 1.75. The van der Waals surface area contributed by atoms with Gasteiger partial charge in [0, 0.05) is 17.2 Å². The van der Waals surface area contributed by atoms with Crippen molar-refractivity contribution < 1.29 is 13.2 Å². The fraction of sp³-hybridized carbons (Fsp3) is 0.176. The van der Waals surface area contributed by atoms with Gasteiger partial charge in [-0.2, -0.15) is 5.10 Å². The van der Waals surface area contributed by atoms with Crippen LogP contribution in [0.1, 0.15) is 28.9 Å². The highest BCUT2D eigenvalue weighted by Gasteiger charge is 2.13. The Morgan fingerprint density at radius 1 is 1.17 bits per heavy atom. The van der Waals surface area contributed by atoms with Gasteiger partial charge in [0.25, 0.3) is 5.91 Å². The van der Waals surface area contributed by atoms with Crippen LogP contribution in [-0.2, 0) is 9.84 Å². The van der Waals surface area contributed by atoms with Crippen LogP contribution in [-0.4, -0.2) is 30.8 Å². The van der Waals surface area contributed by atoms with Gasteiger partial charge < -0.3 is 5.32 Å². The number of hydrogen-bond donors (Lipinski definition) is 2. The van der Waals surface area contributed by atoms with Crippen LogP contribution in [0.5, 0.6) is 0 Å². The predicted octanol–water partition coefficient (Wildman–Crippen LogP) is 2.46. The lowest BCUT2D eigenvalue weighted by atomic mass is 10.1. The molecule has 2 aromatic carbocycles. The molecule has 0 saturated heterocycles. The summed E-state index contributed by atoms with van der Waals surface area (Å²) in [5.41, 5.74) is 2.16. The molecular formula is C17H17N3O3S. The third-order valence-electron chi connectivity index (χ3n) is 3.86. The Morgan fingerprint density at radius 2 is 1.88 bits per heavy atom. The molecule has 0 spiro atoms. The summed E-state index contributed by atoms with van der Waals surface area (Å²) in [4.78, 5) is 12.6. The minimum absolute atomic E-state index is 0.203. The Labute approximate surface area is 139 Å². The van der Waals surface area contributed by atoms with Crippen molar-refractivity contribution in [3.05, 3.63) is 59.8 Å². The van der Waals surface area contributed by atoms with E-state index >= 15 is 0 Å². The lowest BCUT2D eigenvalue weighted by Crippen LogP contribution is -2.26. The molecule has 6 nitrogen and oxygen atoms in total. The van der Waals surface area contributed by atoms with Crippen LogP contribution in [0.4, 0.5) is 0 Å². The Hall–Kier alpha value is -2.67. The first kappa shape index (κ1) is 16.2. The first-order valence-electron chi connectivity index (χ1n) is 7.38. The van der Waals surface area contributed by atoms with Crippen LogP contribution >= 0.6 is 0 Å². The van der Waals surface area contributed by atoms with Gasteiger partial charge in [0.15, 0.2) is 9.84 Å². The van der Waals surface area contributed by atoms with Crippen molar-refractivity contribution in [1.29, 1.82) is 0 Å². The van der Waals surface area contributed by atoms with E-state index in [1.807, 2.05) is 13.0 Å².